The topological polar surface area (TPSA) is 37.9 Å². The summed E-state index contributed by atoms with van der Waals surface area (Å²) in [7, 11) is 1.57. The minimum atomic E-state index is -0.906. The van der Waals surface area contributed by atoms with Crippen LogP contribution in [0, 0.1) is 11.6 Å². The third-order valence-electron chi connectivity index (χ3n) is 2.87. The quantitative estimate of drug-likeness (QED) is 0.765. The second kappa shape index (κ2) is 4.35. The van der Waals surface area contributed by atoms with Crippen molar-refractivity contribution in [2.45, 2.75) is 0 Å². The van der Waals surface area contributed by atoms with Gasteiger partial charge in [-0.3, -0.25) is 0 Å². The van der Waals surface area contributed by atoms with E-state index in [4.69, 9.17) is 4.74 Å². The van der Waals surface area contributed by atoms with Crippen molar-refractivity contribution in [3.63, 3.8) is 0 Å². The number of nitrogens with one attached hydrogen (secondary N) is 1. The first kappa shape index (κ1) is 11.6. The van der Waals surface area contributed by atoms with E-state index in [1.54, 1.807) is 13.2 Å². The maximum Gasteiger partial charge on any atom is 0.161 e. The summed E-state index contributed by atoms with van der Waals surface area (Å²) in [6, 6.07) is 9.44. The van der Waals surface area contributed by atoms with Crippen molar-refractivity contribution in [2.24, 2.45) is 0 Å². The molecular weight excluding hydrogens is 250 g/mol. The molecule has 3 aromatic rings. The van der Waals surface area contributed by atoms with E-state index in [0.717, 1.165) is 17.7 Å². The van der Waals surface area contributed by atoms with Crippen LogP contribution in [-0.4, -0.2) is 17.1 Å². The summed E-state index contributed by atoms with van der Waals surface area (Å²) in [5.74, 6) is -0.571. The number of fused-ring (bicyclic) bond motifs is 1. The molecule has 0 aliphatic heterocycles. The number of nitrogens with zero attached hydrogens (tertiary/aromatic N) is 1. The molecule has 0 aliphatic carbocycles. The molecule has 0 saturated carbocycles. The Bertz CT molecular complexity index is 713. The van der Waals surface area contributed by atoms with Crippen LogP contribution in [0.25, 0.3) is 22.4 Å². The summed E-state index contributed by atoms with van der Waals surface area (Å²) in [5, 5.41) is 0. The number of hydrogen-bond donors (Lipinski definition) is 1. The van der Waals surface area contributed by atoms with E-state index in [-0.39, 0.29) is 0 Å². The van der Waals surface area contributed by atoms with E-state index in [9.17, 15) is 8.78 Å². The Morgan fingerprint density at radius 3 is 2.68 bits per heavy atom. The van der Waals surface area contributed by atoms with Crippen molar-refractivity contribution in [1.82, 2.24) is 9.97 Å². The number of benzene rings is 2. The Balaban J connectivity index is 2.14. The van der Waals surface area contributed by atoms with Crippen molar-refractivity contribution < 1.29 is 13.5 Å². The standard InChI is InChI=1S/C14H10F2N2O/c1-19-9-4-2-3-8(5-9)14-17-12-6-10(15)11(16)7-13(12)18-14/h2-7H,1H3,(H,17,18). The zero-order valence-corrected chi connectivity index (χ0v) is 10.1. The van der Waals surface area contributed by atoms with Gasteiger partial charge >= 0.3 is 0 Å². The highest BCUT2D eigenvalue weighted by molar-refractivity contribution is 5.79. The predicted octanol–water partition coefficient (Wildman–Crippen LogP) is 3.52. The van der Waals surface area contributed by atoms with Crippen molar-refractivity contribution in [3.8, 4) is 17.1 Å². The minimum Gasteiger partial charge on any atom is -0.497 e. The van der Waals surface area contributed by atoms with Gasteiger partial charge in [0.05, 0.1) is 18.1 Å². The van der Waals surface area contributed by atoms with Gasteiger partial charge in [0, 0.05) is 17.7 Å². The van der Waals surface area contributed by atoms with Crippen molar-refractivity contribution in [2.75, 3.05) is 7.11 Å². The lowest BCUT2D eigenvalue weighted by Crippen LogP contribution is -1.84. The van der Waals surface area contributed by atoms with Gasteiger partial charge in [-0.25, -0.2) is 13.8 Å². The first-order valence-electron chi connectivity index (χ1n) is 5.66. The van der Waals surface area contributed by atoms with Gasteiger partial charge in [-0.05, 0) is 12.1 Å². The zero-order valence-electron chi connectivity index (χ0n) is 10.1. The van der Waals surface area contributed by atoms with Gasteiger partial charge in [-0.2, -0.15) is 0 Å². The molecule has 0 saturated heterocycles. The van der Waals surface area contributed by atoms with E-state index in [1.165, 1.54) is 0 Å². The molecule has 5 heteroatoms. The Morgan fingerprint density at radius 1 is 1.11 bits per heavy atom. The molecule has 0 unspecified atom stereocenters. The Morgan fingerprint density at radius 2 is 1.89 bits per heavy atom. The molecule has 3 rings (SSSR count). The minimum absolute atomic E-state index is 0.386. The smallest absolute Gasteiger partial charge is 0.161 e. The van der Waals surface area contributed by atoms with Gasteiger partial charge in [0.25, 0.3) is 0 Å². The fourth-order valence-corrected chi connectivity index (χ4v) is 1.91. The van der Waals surface area contributed by atoms with Crippen LogP contribution in [0.2, 0.25) is 0 Å². The molecule has 0 radical (unpaired) electrons. The SMILES string of the molecule is COc1cccc(-c2nc3cc(F)c(F)cc3[nH]2)c1. The molecule has 1 aromatic heterocycles. The number of H-pyrrole nitrogens is 1. The second-order valence-electron chi connectivity index (χ2n) is 4.10. The van der Waals surface area contributed by atoms with Crippen LogP contribution in [0.3, 0.4) is 0 Å². The molecular formula is C14H10F2N2O. The first-order chi connectivity index (χ1) is 9.17. The monoisotopic (exact) mass is 260 g/mol. The van der Waals surface area contributed by atoms with E-state index >= 15 is 0 Å². The molecule has 1 heterocycles. The molecule has 96 valence electrons. The molecule has 0 aliphatic rings. The fraction of sp³-hybridized carbons (Fsp3) is 0.0714. The second-order valence-corrected chi connectivity index (χ2v) is 4.10. The van der Waals surface area contributed by atoms with Crippen molar-refractivity contribution in [3.05, 3.63) is 48.0 Å². The number of rotatable bonds is 2. The molecule has 1 N–H and O–H groups in total. The number of ether oxygens (including phenoxy) is 1. The normalized spacial score (nSPS) is 10.9. The van der Waals surface area contributed by atoms with E-state index < -0.39 is 11.6 Å². The molecule has 2 aromatic carbocycles. The maximum atomic E-state index is 13.1. The summed E-state index contributed by atoms with van der Waals surface area (Å²) in [5.41, 5.74) is 1.63. The first-order valence-corrected chi connectivity index (χ1v) is 5.66. The summed E-state index contributed by atoms with van der Waals surface area (Å²) >= 11 is 0. The third kappa shape index (κ3) is 2.03. The maximum absolute atomic E-state index is 13.1. The number of hydrogen-bond acceptors (Lipinski definition) is 2. The van der Waals surface area contributed by atoms with Crippen molar-refractivity contribution >= 4 is 11.0 Å². The lowest BCUT2D eigenvalue weighted by molar-refractivity contribution is 0.415. The lowest BCUT2D eigenvalue weighted by Gasteiger charge is -2.01. The number of halogens is 2. The van der Waals surface area contributed by atoms with Crippen LogP contribution in [0.4, 0.5) is 8.78 Å². The van der Waals surface area contributed by atoms with Crippen LogP contribution < -0.4 is 4.74 Å². The van der Waals surface area contributed by atoms with E-state index in [0.29, 0.717) is 22.6 Å². The Hall–Kier alpha value is -2.43. The van der Waals surface area contributed by atoms with Gasteiger partial charge in [0.2, 0.25) is 0 Å². The van der Waals surface area contributed by atoms with Gasteiger partial charge in [0.15, 0.2) is 11.6 Å². The highest BCUT2D eigenvalue weighted by Gasteiger charge is 2.10. The summed E-state index contributed by atoms with van der Waals surface area (Å²) in [6.07, 6.45) is 0. The largest absolute Gasteiger partial charge is 0.497 e. The summed E-state index contributed by atoms with van der Waals surface area (Å²) < 4.78 is 31.4. The summed E-state index contributed by atoms with van der Waals surface area (Å²) in [6.45, 7) is 0. The fourth-order valence-electron chi connectivity index (χ4n) is 1.91. The summed E-state index contributed by atoms with van der Waals surface area (Å²) in [4.78, 5) is 7.20. The van der Waals surface area contributed by atoms with Gasteiger partial charge < -0.3 is 9.72 Å². The van der Waals surface area contributed by atoms with Crippen LogP contribution >= 0.6 is 0 Å². The van der Waals surface area contributed by atoms with Crippen LogP contribution in [0.15, 0.2) is 36.4 Å². The average Bonchev–Trinajstić information content (AvgIpc) is 2.82. The van der Waals surface area contributed by atoms with Gasteiger partial charge in [0.1, 0.15) is 11.6 Å². The lowest BCUT2D eigenvalue weighted by atomic mass is 10.2. The third-order valence-corrected chi connectivity index (χ3v) is 2.87. The molecule has 0 atom stereocenters. The van der Waals surface area contributed by atoms with Crippen LogP contribution in [0.1, 0.15) is 0 Å². The van der Waals surface area contributed by atoms with Crippen LogP contribution in [-0.2, 0) is 0 Å². The van der Waals surface area contributed by atoms with E-state index in [2.05, 4.69) is 9.97 Å². The van der Waals surface area contributed by atoms with Crippen molar-refractivity contribution in [1.29, 1.82) is 0 Å². The Labute approximate surface area is 107 Å². The highest BCUT2D eigenvalue weighted by Crippen LogP contribution is 2.25. The van der Waals surface area contributed by atoms with E-state index in [1.807, 2.05) is 18.2 Å². The van der Waals surface area contributed by atoms with Crippen LogP contribution in [0.5, 0.6) is 5.75 Å². The number of methoxy groups -OCH3 is 1. The average molecular weight is 260 g/mol. The Kier molecular flexibility index (Phi) is 2.67. The number of aromatic amines is 1. The van der Waals surface area contributed by atoms with Gasteiger partial charge in [-0.15, -0.1) is 0 Å². The zero-order chi connectivity index (χ0) is 13.4. The molecule has 0 spiro atoms. The molecule has 0 amide bonds. The molecule has 0 bridgehead atoms. The molecule has 0 fully saturated rings. The van der Waals surface area contributed by atoms with Gasteiger partial charge in [-0.1, -0.05) is 12.1 Å². The highest BCUT2D eigenvalue weighted by atomic mass is 19.2. The molecule has 19 heavy (non-hydrogen) atoms. The number of imidazole rings is 1. The predicted molar refractivity (Wildman–Crippen MR) is 68.0 cm³/mol. The molecule has 3 nitrogen and oxygen atoms in total. The number of aromatic nitrogens is 2.